The van der Waals surface area contributed by atoms with Crippen LogP contribution in [0.1, 0.15) is 31.9 Å². The molecule has 0 saturated heterocycles. The van der Waals surface area contributed by atoms with Crippen molar-refractivity contribution in [3.8, 4) is 12.3 Å². The molecule has 1 aliphatic carbocycles. The van der Waals surface area contributed by atoms with Crippen molar-refractivity contribution >= 4 is 11.5 Å². The number of allylic oxidation sites excluding steroid dienone is 2. The number of carbonyl (C=O) groups is 1. The lowest BCUT2D eigenvalue weighted by Gasteiger charge is -2.14. The van der Waals surface area contributed by atoms with E-state index in [-0.39, 0.29) is 23.2 Å². The van der Waals surface area contributed by atoms with Crippen LogP contribution in [0, 0.1) is 29.6 Å². The molecule has 0 aliphatic heterocycles. The zero-order chi connectivity index (χ0) is 20.1. The zero-order valence-electron chi connectivity index (χ0n) is 16.6. The fourth-order valence-electron chi connectivity index (χ4n) is 3.75. The summed E-state index contributed by atoms with van der Waals surface area (Å²) in [7, 11) is 0. The largest absolute Gasteiger partial charge is 0.445 e. The Labute approximate surface area is 167 Å². The van der Waals surface area contributed by atoms with Crippen LogP contribution in [0.5, 0.6) is 0 Å². The summed E-state index contributed by atoms with van der Waals surface area (Å²) in [5, 5.41) is 0. The van der Waals surface area contributed by atoms with Gasteiger partial charge in [-0.3, -0.25) is 4.79 Å². The average Bonchev–Trinajstić information content (AvgIpc) is 3.26. The van der Waals surface area contributed by atoms with Gasteiger partial charge in [0.15, 0.2) is 6.10 Å². The van der Waals surface area contributed by atoms with Gasteiger partial charge in [-0.15, -0.1) is 6.42 Å². The van der Waals surface area contributed by atoms with Crippen molar-refractivity contribution in [2.24, 2.45) is 17.3 Å². The molecule has 0 spiro atoms. The maximum absolute atomic E-state index is 12.7. The summed E-state index contributed by atoms with van der Waals surface area (Å²) in [6, 6.07) is 20.0. The van der Waals surface area contributed by atoms with Crippen LogP contribution in [0.4, 0.5) is 0 Å². The molecule has 0 radical (unpaired) electrons. The third-order valence-corrected chi connectivity index (χ3v) is 5.46. The van der Waals surface area contributed by atoms with E-state index in [4.69, 9.17) is 11.2 Å². The Morgan fingerprint density at radius 1 is 1.07 bits per heavy atom. The van der Waals surface area contributed by atoms with E-state index in [1.165, 1.54) is 0 Å². The molecule has 142 valence electrons. The molecule has 3 atom stereocenters. The van der Waals surface area contributed by atoms with Crippen molar-refractivity contribution in [3.05, 3.63) is 90.0 Å². The van der Waals surface area contributed by atoms with Crippen molar-refractivity contribution in [3.63, 3.8) is 0 Å². The molecule has 2 heteroatoms. The quantitative estimate of drug-likeness (QED) is 0.381. The van der Waals surface area contributed by atoms with Crippen molar-refractivity contribution in [1.82, 2.24) is 0 Å². The van der Waals surface area contributed by atoms with Gasteiger partial charge in [0, 0.05) is 0 Å². The third kappa shape index (κ3) is 4.10. The van der Waals surface area contributed by atoms with Crippen LogP contribution in [-0.4, -0.2) is 12.1 Å². The molecule has 3 unspecified atom stereocenters. The van der Waals surface area contributed by atoms with Crippen LogP contribution in [-0.2, 0) is 9.53 Å². The maximum atomic E-state index is 12.7. The third-order valence-electron chi connectivity index (χ3n) is 5.46. The number of hydrogen-bond donors (Lipinski definition) is 0. The van der Waals surface area contributed by atoms with Crippen molar-refractivity contribution in [2.45, 2.75) is 26.9 Å². The molecule has 2 nitrogen and oxygen atoms in total. The van der Waals surface area contributed by atoms with Gasteiger partial charge in [-0.1, -0.05) is 92.6 Å². The van der Waals surface area contributed by atoms with Gasteiger partial charge in [0.2, 0.25) is 0 Å². The molecular weight excluding hydrogens is 344 g/mol. The highest BCUT2D eigenvalue weighted by molar-refractivity contribution is 5.82. The van der Waals surface area contributed by atoms with Gasteiger partial charge in [-0.05, 0) is 41.0 Å². The minimum Gasteiger partial charge on any atom is -0.445 e. The second-order valence-electron chi connectivity index (χ2n) is 7.69. The van der Waals surface area contributed by atoms with E-state index in [0.717, 1.165) is 16.7 Å². The van der Waals surface area contributed by atoms with E-state index in [2.05, 4.69) is 25.8 Å². The first kappa shape index (κ1) is 19.7. The van der Waals surface area contributed by atoms with Gasteiger partial charge in [-0.25, -0.2) is 0 Å². The topological polar surface area (TPSA) is 26.3 Å². The molecule has 2 aromatic rings. The smallest absolute Gasteiger partial charge is 0.311 e. The number of esters is 1. The highest BCUT2D eigenvalue weighted by Gasteiger charge is 2.61. The van der Waals surface area contributed by atoms with Crippen molar-refractivity contribution in [1.29, 1.82) is 0 Å². The zero-order valence-corrected chi connectivity index (χ0v) is 16.6. The Balaban J connectivity index is 1.87. The molecular formula is C26H26O2. The fraction of sp³-hybridized carbons (Fsp3) is 0.269. The molecule has 3 rings (SSSR count). The first-order valence-corrected chi connectivity index (χ1v) is 9.61. The number of ether oxygens (including phenoxy) is 1. The Morgan fingerprint density at radius 3 is 2.07 bits per heavy atom. The number of hydrogen-bond acceptors (Lipinski definition) is 2. The summed E-state index contributed by atoms with van der Waals surface area (Å²) in [5.41, 5.74) is 2.93. The molecule has 1 fully saturated rings. The number of carbonyl (C=O) groups excluding carboxylic acids is 1. The Bertz CT molecular complexity index is 872. The second kappa shape index (κ2) is 8.31. The van der Waals surface area contributed by atoms with Crippen LogP contribution in [0.3, 0.4) is 0 Å². The first-order chi connectivity index (χ1) is 13.5. The van der Waals surface area contributed by atoms with Gasteiger partial charge in [-0.2, -0.15) is 0 Å². The molecule has 2 aromatic carbocycles. The van der Waals surface area contributed by atoms with E-state index >= 15 is 0 Å². The fourth-order valence-corrected chi connectivity index (χ4v) is 3.75. The van der Waals surface area contributed by atoms with Crippen LogP contribution in [0.15, 0.2) is 78.9 Å². The molecule has 0 N–H and O–H groups in total. The van der Waals surface area contributed by atoms with Crippen molar-refractivity contribution in [2.75, 3.05) is 0 Å². The monoisotopic (exact) mass is 370 g/mol. The van der Waals surface area contributed by atoms with Crippen LogP contribution in [0.2, 0.25) is 0 Å². The molecule has 0 heterocycles. The van der Waals surface area contributed by atoms with Crippen LogP contribution < -0.4 is 0 Å². The minimum atomic E-state index is -0.717. The number of terminal acetylenes is 1. The highest BCUT2D eigenvalue weighted by atomic mass is 16.5. The molecule has 0 aromatic heterocycles. The molecule has 1 aliphatic rings. The summed E-state index contributed by atoms with van der Waals surface area (Å²) < 4.78 is 5.72. The van der Waals surface area contributed by atoms with E-state index in [0.29, 0.717) is 0 Å². The van der Waals surface area contributed by atoms with E-state index in [1.54, 1.807) is 0 Å². The van der Waals surface area contributed by atoms with Crippen molar-refractivity contribution < 1.29 is 9.53 Å². The standard InChI is InChI=1S/C26H26O2/c1-5-13-23-24(26(23,3)4)25(27)28-21(6-2)18-22(19-14-9-7-10-15-19)20-16-11-8-12-17-20/h2,5,7-18,21,23-24H,1,3-4H3. The predicted molar refractivity (Wildman–Crippen MR) is 114 cm³/mol. The lowest BCUT2D eigenvalue weighted by molar-refractivity contribution is -0.147. The Kier molecular flexibility index (Phi) is 5.85. The molecule has 0 bridgehead atoms. The van der Waals surface area contributed by atoms with Gasteiger partial charge < -0.3 is 4.74 Å². The summed E-state index contributed by atoms with van der Waals surface area (Å²) >= 11 is 0. The normalized spacial score (nSPS) is 20.8. The lowest BCUT2D eigenvalue weighted by Crippen LogP contribution is -2.18. The van der Waals surface area contributed by atoms with Crippen LogP contribution in [0.25, 0.3) is 5.57 Å². The average molecular weight is 370 g/mol. The first-order valence-electron chi connectivity index (χ1n) is 9.61. The molecule has 0 amide bonds. The second-order valence-corrected chi connectivity index (χ2v) is 7.69. The summed E-state index contributed by atoms with van der Waals surface area (Å²) in [4.78, 5) is 12.7. The Morgan fingerprint density at radius 2 is 1.61 bits per heavy atom. The van der Waals surface area contributed by atoms with E-state index in [1.807, 2.05) is 79.7 Å². The number of benzene rings is 2. The van der Waals surface area contributed by atoms with E-state index in [9.17, 15) is 4.79 Å². The molecule has 28 heavy (non-hydrogen) atoms. The maximum Gasteiger partial charge on any atom is 0.311 e. The SMILES string of the molecule is C#CC(C=C(c1ccccc1)c1ccccc1)OC(=O)C1C(C=CC)C1(C)C. The summed E-state index contributed by atoms with van der Waals surface area (Å²) in [5.74, 6) is 2.45. The van der Waals surface area contributed by atoms with Gasteiger partial charge in [0.05, 0.1) is 5.92 Å². The van der Waals surface area contributed by atoms with Gasteiger partial charge >= 0.3 is 5.97 Å². The Hall–Kier alpha value is -3.05. The molecule has 1 saturated carbocycles. The minimum absolute atomic E-state index is 0.0891. The van der Waals surface area contributed by atoms with Gasteiger partial charge in [0.1, 0.15) is 0 Å². The van der Waals surface area contributed by atoms with Gasteiger partial charge in [0.25, 0.3) is 0 Å². The van der Waals surface area contributed by atoms with E-state index < -0.39 is 6.10 Å². The van der Waals surface area contributed by atoms with Crippen LogP contribution >= 0.6 is 0 Å². The highest BCUT2D eigenvalue weighted by Crippen LogP contribution is 2.59. The summed E-state index contributed by atoms with van der Waals surface area (Å²) in [6.45, 7) is 6.14. The lowest BCUT2D eigenvalue weighted by atomic mass is 9.96. The predicted octanol–water partition coefficient (Wildman–Crippen LogP) is 5.51. The summed E-state index contributed by atoms with van der Waals surface area (Å²) in [6.07, 6.45) is 10.9. The number of rotatable bonds is 6.